The van der Waals surface area contributed by atoms with Gasteiger partial charge in [0.15, 0.2) is 16.4 Å². The van der Waals surface area contributed by atoms with E-state index in [-0.39, 0.29) is 16.2 Å². The van der Waals surface area contributed by atoms with Crippen molar-refractivity contribution in [3.05, 3.63) is 89.5 Å². The summed E-state index contributed by atoms with van der Waals surface area (Å²) < 4.78 is 40.2. The number of sulfone groups is 1. The molecule has 184 valence electrons. The molecule has 0 fully saturated rings. The van der Waals surface area contributed by atoms with Gasteiger partial charge < -0.3 is 19.5 Å². The predicted octanol–water partition coefficient (Wildman–Crippen LogP) is 3.56. The lowest BCUT2D eigenvalue weighted by atomic mass is 9.98. The standard InChI is InChI=1S/C26H27NO7S/c1-4-35(30,31)23-8-6-5-7-22(23)26(29)34-17-24(28)27-25(18-9-13-20(32-2)14-10-18)19-11-15-21(33-3)16-12-19/h5-16,25H,4,17H2,1-3H3,(H,27,28). The van der Waals surface area contributed by atoms with Crippen LogP contribution in [0, 0.1) is 0 Å². The molecule has 0 atom stereocenters. The number of hydrogen-bond donors (Lipinski definition) is 1. The third-order valence-corrected chi connectivity index (χ3v) is 7.15. The molecule has 0 aliphatic heterocycles. The molecule has 3 aromatic carbocycles. The molecule has 0 saturated carbocycles. The average molecular weight is 498 g/mol. The number of esters is 1. The highest BCUT2D eigenvalue weighted by atomic mass is 32.2. The lowest BCUT2D eigenvalue weighted by Gasteiger charge is -2.20. The molecule has 0 aliphatic carbocycles. The van der Waals surface area contributed by atoms with Crippen LogP contribution < -0.4 is 14.8 Å². The van der Waals surface area contributed by atoms with Gasteiger partial charge in [0.1, 0.15) is 11.5 Å². The average Bonchev–Trinajstić information content (AvgIpc) is 2.90. The van der Waals surface area contributed by atoms with Gasteiger partial charge in [0.2, 0.25) is 0 Å². The molecule has 9 heteroatoms. The third-order valence-electron chi connectivity index (χ3n) is 5.36. The molecular weight excluding hydrogens is 470 g/mol. The topological polar surface area (TPSA) is 108 Å². The largest absolute Gasteiger partial charge is 0.497 e. The van der Waals surface area contributed by atoms with Crippen LogP contribution in [-0.2, 0) is 19.4 Å². The Balaban J connectivity index is 1.77. The minimum absolute atomic E-state index is 0.107. The first-order chi connectivity index (χ1) is 16.8. The van der Waals surface area contributed by atoms with E-state index in [0.717, 1.165) is 11.1 Å². The van der Waals surface area contributed by atoms with Crippen LogP contribution in [0.3, 0.4) is 0 Å². The van der Waals surface area contributed by atoms with Crippen molar-refractivity contribution in [2.24, 2.45) is 0 Å². The first-order valence-electron chi connectivity index (χ1n) is 10.8. The smallest absolute Gasteiger partial charge is 0.339 e. The maximum atomic E-state index is 12.8. The van der Waals surface area contributed by atoms with E-state index in [9.17, 15) is 18.0 Å². The zero-order valence-corrected chi connectivity index (χ0v) is 20.5. The number of methoxy groups -OCH3 is 2. The summed E-state index contributed by atoms with van der Waals surface area (Å²) in [5.41, 5.74) is 1.47. The monoisotopic (exact) mass is 497 g/mol. The van der Waals surface area contributed by atoms with Crippen molar-refractivity contribution in [1.29, 1.82) is 0 Å². The normalized spacial score (nSPS) is 11.1. The fourth-order valence-corrected chi connectivity index (χ4v) is 4.51. The van der Waals surface area contributed by atoms with Crippen LogP contribution in [0.15, 0.2) is 77.7 Å². The molecule has 1 N–H and O–H groups in total. The number of rotatable bonds is 10. The van der Waals surface area contributed by atoms with Gasteiger partial charge in [-0.3, -0.25) is 4.79 Å². The van der Waals surface area contributed by atoms with E-state index in [4.69, 9.17) is 14.2 Å². The molecular formula is C26H27NO7S. The molecule has 8 nitrogen and oxygen atoms in total. The Morgan fingerprint density at radius 1 is 0.829 bits per heavy atom. The fraction of sp³-hybridized carbons (Fsp3) is 0.231. The summed E-state index contributed by atoms with van der Waals surface area (Å²) in [6.45, 7) is 0.908. The van der Waals surface area contributed by atoms with Gasteiger partial charge >= 0.3 is 5.97 Å². The third kappa shape index (κ3) is 6.39. The van der Waals surface area contributed by atoms with Gasteiger partial charge in [-0.25, -0.2) is 13.2 Å². The second-order valence-corrected chi connectivity index (χ2v) is 9.77. The molecule has 3 aromatic rings. The van der Waals surface area contributed by atoms with Crippen molar-refractivity contribution in [1.82, 2.24) is 5.32 Å². The maximum absolute atomic E-state index is 12.8. The van der Waals surface area contributed by atoms with Crippen molar-refractivity contribution in [3.8, 4) is 11.5 Å². The Morgan fingerprint density at radius 3 is 1.83 bits per heavy atom. The van der Waals surface area contributed by atoms with Gasteiger partial charge in [-0.15, -0.1) is 0 Å². The number of carbonyl (C=O) groups excluding carboxylic acids is 2. The predicted molar refractivity (Wildman–Crippen MR) is 130 cm³/mol. The zero-order chi connectivity index (χ0) is 25.4. The Hall–Kier alpha value is -3.85. The van der Waals surface area contributed by atoms with Gasteiger partial charge in [0.05, 0.1) is 36.5 Å². The van der Waals surface area contributed by atoms with Gasteiger partial charge in [0, 0.05) is 0 Å². The second-order valence-electron chi connectivity index (χ2n) is 7.52. The molecule has 0 saturated heterocycles. The quantitative estimate of drug-likeness (QED) is 0.427. The van der Waals surface area contributed by atoms with E-state index in [2.05, 4.69) is 5.32 Å². The van der Waals surface area contributed by atoms with Crippen LogP contribution in [0.4, 0.5) is 0 Å². The highest BCUT2D eigenvalue weighted by Gasteiger charge is 2.23. The fourth-order valence-electron chi connectivity index (χ4n) is 3.43. The van der Waals surface area contributed by atoms with Crippen molar-refractivity contribution < 1.29 is 32.2 Å². The highest BCUT2D eigenvalue weighted by molar-refractivity contribution is 7.91. The number of amides is 1. The molecule has 0 radical (unpaired) electrons. The minimum atomic E-state index is -3.64. The van der Waals surface area contributed by atoms with Gasteiger partial charge in [-0.2, -0.15) is 0 Å². The SMILES string of the molecule is CCS(=O)(=O)c1ccccc1C(=O)OCC(=O)NC(c1ccc(OC)cc1)c1ccc(OC)cc1. The Kier molecular flexibility index (Phi) is 8.48. The van der Waals surface area contributed by atoms with Gasteiger partial charge in [-0.1, -0.05) is 43.3 Å². The van der Waals surface area contributed by atoms with E-state index >= 15 is 0 Å². The summed E-state index contributed by atoms with van der Waals surface area (Å²) in [5, 5.41) is 2.87. The summed E-state index contributed by atoms with van der Waals surface area (Å²) in [5.74, 6) is -0.265. The molecule has 35 heavy (non-hydrogen) atoms. The number of ether oxygens (including phenoxy) is 3. The van der Waals surface area contributed by atoms with Crippen molar-refractivity contribution in [2.45, 2.75) is 17.9 Å². The second kappa shape index (κ2) is 11.5. The molecule has 3 rings (SSSR count). The van der Waals surface area contributed by atoms with Gasteiger partial charge in [-0.05, 0) is 47.5 Å². The summed E-state index contributed by atoms with van der Waals surface area (Å²) in [4.78, 5) is 25.2. The molecule has 0 heterocycles. The van der Waals surface area contributed by atoms with Gasteiger partial charge in [0.25, 0.3) is 5.91 Å². The molecule has 0 aliphatic rings. The van der Waals surface area contributed by atoms with Crippen LogP contribution in [0.1, 0.15) is 34.5 Å². The summed E-state index contributed by atoms with van der Waals surface area (Å²) in [6.07, 6.45) is 0. The van der Waals surface area contributed by atoms with Crippen LogP contribution in [0.25, 0.3) is 0 Å². The van der Waals surface area contributed by atoms with E-state index in [0.29, 0.717) is 11.5 Å². The number of hydrogen-bond acceptors (Lipinski definition) is 7. The molecule has 0 bridgehead atoms. The summed E-state index contributed by atoms with van der Waals surface area (Å²) in [7, 11) is -0.506. The first kappa shape index (κ1) is 25.8. The molecule has 0 aromatic heterocycles. The van der Waals surface area contributed by atoms with Crippen LogP contribution in [0.2, 0.25) is 0 Å². The Labute approximate surface area is 204 Å². The number of nitrogens with one attached hydrogen (secondary N) is 1. The maximum Gasteiger partial charge on any atom is 0.339 e. The minimum Gasteiger partial charge on any atom is -0.497 e. The lowest BCUT2D eigenvalue weighted by Crippen LogP contribution is -2.33. The van der Waals surface area contributed by atoms with Crippen molar-refractivity contribution in [3.63, 3.8) is 0 Å². The molecule has 0 spiro atoms. The summed E-state index contributed by atoms with van der Waals surface area (Å²) in [6, 6.07) is 19.7. The summed E-state index contributed by atoms with van der Waals surface area (Å²) >= 11 is 0. The highest BCUT2D eigenvalue weighted by Crippen LogP contribution is 2.26. The van der Waals surface area contributed by atoms with Crippen molar-refractivity contribution in [2.75, 3.05) is 26.6 Å². The van der Waals surface area contributed by atoms with E-state index in [1.54, 1.807) is 38.5 Å². The van der Waals surface area contributed by atoms with E-state index < -0.39 is 34.4 Å². The molecule has 0 unspecified atom stereocenters. The molecule has 1 amide bonds. The Morgan fingerprint density at radius 2 is 1.34 bits per heavy atom. The lowest BCUT2D eigenvalue weighted by molar-refractivity contribution is -0.124. The van der Waals surface area contributed by atoms with Crippen LogP contribution >= 0.6 is 0 Å². The van der Waals surface area contributed by atoms with E-state index in [1.807, 2.05) is 24.3 Å². The number of benzene rings is 3. The van der Waals surface area contributed by atoms with Crippen LogP contribution in [-0.4, -0.2) is 46.9 Å². The number of carbonyl (C=O) groups is 2. The van der Waals surface area contributed by atoms with Crippen molar-refractivity contribution >= 4 is 21.7 Å². The first-order valence-corrected chi connectivity index (χ1v) is 12.5. The zero-order valence-electron chi connectivity index (χ0n) is 19.7. The van der Waals surface area contributed by atoms with E-state index in [1.165, 1.54) is 31.2 Å². The van der Waals surface area contributed by atoms with Crippen LogP contribution in [0.5, 0.6) is 11.5 Å². The Bertz CT molecular complexity index is 1220.